The maximum absolute atomic E-state index is 6.27. The van der Waals surface area contributed by atoms with E-state index in [2.05, 4.69) is 29.3 Å². The van der Waals surface area contributed by atoms with E-state index in [4.69, 9.17) is 23.2 Å². The van der Waals surface area contributed by atoms with Crippen molar-refractivity contribution in [1.82, 2.24) is 9.97 Å². The van der Waals surface area contributed by atoms with Crippen LogP contribution in [0.4, 0.5) is 28.8 Å². The van der Waals surface area contributed by atoms with Crippen molar-refractivity contribution >= 4 is 63.4 Å². The van der Waals surface area contributed by atoms with Gasteiger partial charge in [-0.1, -0.05) is 23.2 Å². The van der Waals surface area contributed by atoms with E-state index in [1.165, 1.54) is 0 Å². The van der Waals surface area contributed by atoms with Gasteiger partial charge in [-0.15, -0.1) is 0 Å². The topological polar surface area (TPSA) is 74.6 Å². The van der Waals surface area contributed by atoms with E-state index in [-0.39, 0.29) is 0 Å². The van der Waals surface area contributed by atoms with E-state index < -0.39 is 0 Å². The Labute approximate surface area is 134 Å². The van der Waals surface area contributed by atoms with Crippen molar-refractivity contribution in [2.45, 2.75) is 6.92 Å². The van der Waals surface area contributed by atoms with Gasteiger partial charge < -0.3 is 10.6 Å². The molecular weight excluding hydrogens is 331 g/mol. The van der Waals surface area contributed by atoms with Crippen LogP contribution in [0.5, 0.6) is 0 Å². The molecule has 0 aliphatic carbocycles. The normalized spacial score (nSPS) is 12.0. The van der Waals surface area contributed by atoms with Gasteiger partial charge in [-0.05, 0) is 13.0 Å². The van der Waals surface area contributed by atoms with Crippen LogP contribution in [0, 0.1) is 6.92 Å². The molecule has 0 atom stereocenters. The molecule has 0 saturated heterocycles. The molecule has 1 aliphatic rings. The third kappa shape index (κ3) is 2.59. The largest absolute Gasteiger partial charge is 0.357 e. The Morgan fingerprint density at radius 2 is 1.90 bits per heavy atom. The first-order chi connectivity index (χ1) is 10.1. The Kier molecular flexibility index (Phi) is 3.79. The Hall–Kier alpha value is -1.70. The predicted octanol–water partition coefficient (Wildman–Crippen LogP) is 4.60. The summed E-state index contributed by atoms with van der Waals surface area (Å²) in [6, 6.07) is 1.64. The number of aromatic nitrogens is 2. The van der Waals surface area contributed by atoms with E-state index in [0.717, 1.165) is 16.9 Å². The van der Waals surface area contributed by atoms with Gasteiger partial charge in [0.15, 0.2) is 0 Å². The lowest BCUT2D eigenvalue weighted by molar-refractivity contribution is 1.12. The summed E-state index contributed by atoms with van der Waals surface area (Å²) in [6.07, 6.45) is 1.72. The molecule has 3 rings (SSSR count). The molecule has 2 N–H and O–H groups in total. The molecule has 2 heterocycles. The second-order valence-corrected chi connectivity index (χ2v) is 5.62. The quantitative estimate of drug-likeness (QED) is 0.730. The van der Waals surface area contributed by atoms with Gasteiger partial charge in [-0.25, -0.2) is 4.98 Å². The van der Waals surface area contributed by atoms with Crippen LogP contribution in [0.3, 0.4) is 0 Å². The van der Waals surface area contributed by atoms with Crippen LogP contribution in [-0.2, 0) is 11.4 Å². The summed E-state index contributed by atoms with van der Waals surface area (Å²) < 4.78 is 8.42. The van der Waals surface area contributed by atoms with Gasteiger partial charge in [0, 0.05) is 18.8 Å². The minimum atomic E-state index is 0.462. The van der Waals surface area contributed by atoms with Crippen LogP contribution in [0.15, 0.2) is 21.0 Å². The van der Waals surface area contributed by atoms with E-state index >= 15 is 0 Å². The predicted molar refractivity (Wildman–Crippen MR) is 87.6 cm³/mol. The highest BCUT2D eigenvalue weighted by Crippen LogP contribution is 2.48. The van der Waals surface area contributed by atoms with Gasteiger partial charge in [-0.3, -0.25) is 0 Å². The summed E-state index contributed by atoms with van der Waals surface area (Å²) in [5.41, 5.74) is 2.76. The molecule has 0 amide bonds. The highest BCUT2D eigenvalue weighted by Gasteiger charge is 2.19. The molecule has 0 fully saturated rings. The molecule has 9 heteroatoms. The zero-order valence-corrected chi connectivity index (χ0v) is 13.4. The fourth-order valence-corrected chi connectivity index (χ4v) is 2.96. The maximum Gasteiger partial charge on any atom is 0.224 e. The van der Waals surface area contributed by atoms with Crippen LogP contribution in [0.25, 0.3) is 0 Å². The molecule has 0 spiro atoms. The highest BCUT2D eigenvalue weighted by molar-refractivity contribution is 7.58. The van der Waals surface area contributed by atoms with Crippen LogP contribution >= 0.6 is 23.2 Å². The SMILES string of the molecule is CNc1ncc(C)c(Nc2c(Cl)cc(Cl)c3c2N=S=N3)n1. The van der Waals surface area contributed by atoms with Gasteiger partial charge in [0.1, 0.15) is 17.2 Å². The first-order valence-corrected chi connectivity index (χ1v) is 7.47. The van der Waals surface area contributed by atoms with Crippen LogP contribution in [-0.4, -0.2) is 17.0 Å². The molecule has 0 radical (unpaired) electrons. The number of hydrogen-bond donors (Lipinski definition) is 2. The lowest BCUT2D eigenvalue weighted by Crippen LogP contribution is -2.03. The number of fused-ring (bicyclic) bond motifs is 1. The summed E-state index contributed by atoms with van der Waals surface area (Å²) in [4.78, 5) is 8.52. The highest BCUT2D eigenvalue weighted by atomic mass is 35.5. The monoisotopic (exact) mass is 340 g/mol. The molecule has 2 aromatic rings. The van der Waals surface area contributed by atoms with Gasteiger partial charge in [0.05, 0.1) is 27.1 Å². The molecule has 0 unspecified atom stereocenters. The van der Waals surface area contributed by atoms with Gasteiger partial charge in [0.25, 0.3) is 0 Å². The second kappa shape index (κ2) is 5.59. The van der Waals surface area contributed by atoms with Crippen molar-refractivity contribution in [3.63, 3.8) is 0 Å². The Balaban J connectivity index is 2.08. The van der Waals surface area contributed by atoms with Gasteiger partial charge in [-0.2, -0.15) is 13.7 Å². The van der Waals surface area contributed by atoms with E-state index in [1.54, 1.807) is 19.3 Å². The standard InChI is InChI=1S/C12H10Cl2N6S/c1-5-4-16-12(15-2)18-11(5)17-8-6(13)3-7(14)9-10(8)20-21-19-9/h3-4H,1-2H3,(H2,15,16,17,18). The number of benzene rings is 1. The van der Waals surface area contributed by atoms with Crippen molar-refractivity contribution in [2.75, 3.05) is 17.7 Å². The number of aryl methyl sites for hydroxylation is 1. The third-order valence-corrected chi connectivity index (χ3v) is 4.00. The minimum absolute atomic E-state index is 0.462. The number of rotatable bonds is 3. The first kappa shape index (κ1) is 14.2. The van der Waals surface area contributed by atoms with Crippen molar-refractivity contribution in [3.05, 3.63) is 27.9 Å². The summed E-state index contributed by atoms with van der Waals surface area (Å²) in [6.45, 7) is 1.90. The first-order valence-electron chi connectivity index (χ1n) is 5.99. The van der Waals surface area contributed by atoms with Crippen molar-refractivity contribution in [2.24, 2.45) is 8.73 Å². The molecule has 1 aromatic heterocycles. The molecule has 0 saturated carbocycles. The summed E-state index contributed by atoms with van der Waals surface area (Å²) >= 11 is 13.5. The lowest BCUT2D eigenvalue weighted by atomic mass is 10.2. The van der Waals surface area contributed by atoms with Gasteiger partial charge >= 0.3 is 0 Å². The van der Waals surface area contributed by atoms with Crippen LogP contribution < -0.4 is 10.6 Å². The fraction of sp³-hybridized carbons (Fsp3) is 0.167. The zero-order chi connectivity index (χ0) is 15.0. The number of hydrogen-bond acceptors (Lipinski definition) is 6. The Bertz CT molecular complexity index is 801. The number of halogens is 2. The summed E-state index contributed by atoms with van der Waals surface area (Å²) in [7, 11) is 1.76. The fourth-order valence-electron chi connectivity index (χ4n) is 1.80. The third-order valence-electron chi connectivity index (χ3n) is 2.88. The van der Waals surface area contributed by atoms with E-state index in [0.29, 0.717) is 38.9 Å². The minimum Gasteiger partial charge on any atom is -0.357 e. The van der Waals surface area contributed by atoms with Gasteiger partial charge in [0.2, 0.25) is 5.95 Å². The van der Waals surface area contributed by atoms with Crippen molar-refractivity contribution in [3.8, 4) is 0 Å². The molecule has 108 valence electrons. The summed E-state index contributed by atoms with van der Waals surface area (Å²) in [5.74, 6) is 1.16. The smallest absolute Gasteiger partial charge is 0.224 e. The summed E-state index contributed by atoms with van der Waals surface area (Å²) in [5, 5.41) is 7.03. The van der Waals surface area contributed by atoms with E-state index in [1.807, 2.05) is 6.92 Å². The lowest BCUT2D eigenvalue weighted by Gasteiger charge is -2.13. The molecule has 6 nitrogen and oxygen atoms in total. The second-order valence-electron chi connectivity index (χ2n) is 4.28. The number of nitrogens with zero attached hydrogens (tertiary/aromatic N) is 4. The zero-order valence-electron chi connectivity index (χ0n) is 11.1. The van der Waals surface area contributed by atoms with Crippen molar-refractivity contribution < 1.29 is 0 Å². The molecule has 0 bridgehead atoms. The Morgan fingerprint density at radius 3 is 2.67 bits per heavy atom. The molecule has 1 aliphatic heterocycles. The number of anilines is 3. The van der Waals surface area contributed by atoms with Crippen molar-refractivity contribution in [1.29, 1.82) is 0 Å². The average molecular weight is 341 g/mol. The van der Waals surface area contributed by atoms with E-state index in [9.17, 15) is 0 Å². The average Bonchev–Trinajstić information content (AvgIpc) is 2.95. The molecular formula is C12H10Cl2N6S. The maximum atomic E-state index is 6.27. The number of nitrogens with one attached hydrogen (secondary N) is 2. The molecule has 1 aromatic carbocycles. The van der Waals surface area contributed by atoms with Crippen LogP contribution in [0.1, 0.15) is 5.56 Å². The van der Waals surface area contributed by atoms with Crippen LogP contribution in [0.2, 0.25) is 10.0 Å². The Morgan fingerprint density at radius 1 is 1.14 bits per heavy atom. The molecule has 21 heavy (non-hydrogen) atoms.